The van der Waals surface area contributed by atoms with E-state index >= 15 is 0 Å². The zero-order valence-corrected chi connectivity index (χ0v) is 17.2. The van der Waals surface area contributed by atoms with Crippen LogP contribution < -0.4 is 9.47 Å². The second-order valence-corrected chi connectivity index (χ2v) is 7.19. The zero-order chi connectivity index (χ0) is 20.6. The second-order valence-electron chi connectivity index (χ2n) is 7.19. The van der Waals surface area contributed by atoms with Crippen molar-refractivity contribution in [2.75, 3.05) is 27.8 Å². The van der Waals surface area contributed by atoms with Crippen LogP contribution in [-0.4, -0.2) is 49.7 Å². The lowest BCUT2D eigenvalue weighted by molar-refractivity contribution is 0.0586. The van der Waals surface area contributed by atoms with E-state index in [4.69, 9.17) is 14.2 Å². The van der Waals surface area contributed by atoms with Crippen LogP contribution in [0.25, 0.3) is 0 Å². The molecule has 154 valence electrons. The van der Waals surface area contributed by atoms with Crippen molar-refractivity contribution in [3.8, 4) is 11.5 Å². The smallest absolute Gasteiger partial charge is 0.344 e. The monoisotopic (exact) mass is 396 g/mol. The van der Waals surface area contributed by atoms with E-state index in [-0.39, 0.29) is 5.97 Å². The van der Waals surface area contributed by atoms with E-state index < -0.39 is 0 Å². The Morgan fingerprint density at radius 3 is 2.45 bits per heavy atom. The van der Waals surface area contributed by atoms with Gasteiger partial charge in [-0.25, -0.2) is 4.79 Å². The average molecular weight is 396 g/mol. The minimum absolute atomic E-state index is 0.307. The van der Waals surface area contributed by atoms with Crippen molar-refractivity contribution in [2.45, 2.75) is 25.3 Å². The van der Waals surface area contributed by atoms with E-state index in [1.165, 1.54) is 12.6 Å². The maximum absolute atomic E-state index is 12.0. The van der Waals surface area contributed by atoms with Crippen LogP contribution in [0.4, 0.5) is 0 Å². The first-order valence-corrected chi connectivity index (χ1v) is 9.81. The van der Waals surface area contributed by atoms with Gasteiger partial charge in [0.15, 0.2) is 11.5 Å². The van der Waals surface area contributed by atoms with Crippen LogP contribution in [0.15, 0.2) is 60.6 Å². The fourth-order valence-corrected chi connectivity index (χ4v) is 3.79. The van der Waals surface area contributed by atoms with E-state index in [9.17, 15) is 4.79 Å². The van der Waals surface area contributed by atoms with Crippen molar-refractivity contribution < 1.29 is 19.0 Å². The predicted molar refractivity (Wildman–Crippen MR) is 111 cm³/mol. The molecule has 1 aliphatic carbocycles. The first-order chi connectivity index (χ1) is 14.1. The Kier molecular flexibility index (Phi) is 7.25. The highest BCUT2D eigenvalue weighted by atomic mass is 16.5. The summed E-state index contributed by atoms with van der Waals surface area (Å²) in [5, 5.41) is 0. The molecular weight excluding hydrogens is 368 g/mol. The molecule has 4 rings (SSSR count). The summed E-state index contributed by atoms with van der Waals surface area (Å²) in [6.45, 7) is 1.15. The van der Waals surface area contributed by atoms with Crippen molar-refractivity contribution in [3.63, 3.8) is 0 Å². The van der Waals surface area contributed by atoms with E-state index in [1.54, 1.807) is 32.5 Å². The highest BCUT2D eigenvalue weighted by molar-refractivity contribution is 5.89. The molecule has 0 saturated carbocycles. The van der Waals surface area contributed by atoms with Gasteiger partial charge < -0.3 is 19.1 Å². The van der Waals surface area contributed by atoms with Crippen LogP contribution in [0.2, 0.25) is 0 Å². The summed E-state index contributed by atoms with van der Waals surface area (Å²) in [6, 6.07) is 11.5. The maximum atomic E-state index is 12.0. The third-order valence-corrected chi connectivity index (χ3v) is 5.43. The van der Waals surface area contributed by atoms with Gasteiger partial charge in [0.05, 0.1) is 19.8 Å². The normalized spacial score (nSPS) is 20.6. The first-order valence-electron chi connectivity index (χ1n) is 9.81. The number of carbonyl (C=O) groups excluding carboxylic acids is 1. The van der Waals surface area contributed by atoms with Crippen LogP contribution in [0.5, 0.6) is 11.5 Å². The Labute approximate surface area is 172 Å². The maximum Gasteiger partial charge on any atom is 0.344 e. The molecule has 2 heterocycles. The van der Waals surface area contributed by atoms with Crippen LogP contribution in [0.1, 0.15) is 29.6 Å². The number of likely N-dealkylation sites (tertiary alicyclic amines) is 1. The van der Waals surface area contributed by atoms with Crippen LogP contribution in [-0.2, 0) is 4.74 Å². The lowest BCUT2D eigenvalue weighted by Gasteiger charge is -2.28. The van der Waals surface area contributed by atoms with Crippen molar-refractivity contribution in [3.05, 3.63) is 66.2 Å². The number of methoxy groups -OCH3 is 2. The number of rotatable bonds is 4. The predicted octanol–water partition coefficient (Wildman–Crippen LogP) is 3.94. The molecule has 2 aromatic rings. The van der Waals surface area contributed by atoms with Gasteiger partial charge in [-0.2, -0.15) is 0 Å². The summed E-state index contributed by atoms with van der Waals surface area (Å²) in [5.74, 6) is 2.77. The summed E-state index contributed by atoms with van der Waals surface area (Å²) in [6.07, 6.45) is 8.37. The number of carbonyl (C=O) groups is 1. The van der Waals surface area contributed by atoms with Crippen molar-refractivity contribution in [1.82, 2.24) is 9.88 Å². The molecule has 6 heteroatoms. The Bertz CT molecular complexity index is 815. The Hall–Kier alpha value is -2.86. The number of pyridine rings is 1. The third-order valence-electron chi connectivity index (χ3n) is 5.43. The van der Waals surface area contributed by atoms with Gasteiger partial charge in [0.2, 0.25) is 0 Å². The van der Waals surface area contributed by atoms with Gasteiger partial charge in [0.25, 0.3) is 0 Å². The molecule has 2 aliphatic rings. The summed E-state index contributed by atoms with van der Waals surface area (Å²) in [7, 11) is 5.40. The molecule has 2 atom stereocenters. The molecule has 0 N–H and O–H groups in total. The number of hydrogen-bond donors (Lipinski definition) is 0. The number of fused-ring (bicyclic) bond motifs is 1. The van der Waals surface area contributed by atoms with Crippen molar-refractivity contribution >= 4 is 5.97 Å². The number of nitrogens with zero attached hydrogens (tertiary/aromatic N) is 2. The number of allylic oxidation sites excluding steroid dienone is 1. The fourth-order valence-electron chi connectivity index (χ4n) is 3.79. The molecule has 0 spiro atoms. The highest BCUT2D eigenvalue weighted by Gasteiger charge is 2.35. The highest BCUT2D eigenvalue weighted by Crippen LogP contribution is 2.35. The minimum Gasteiger partial charge on any atom is -0.493 e. The average Bonchev–Trinajstić information content (AvgIpc) is 3.15. The molecule has 1 aliphatic heterocycles. The van der Waals surface area contributed by atoms with Crippen molar-refractivity contribution in [2.24, 2.45) is 5.92 Å². The number of esters is 1. The SMILES string of the molecule is CN1CCC2CC=C(OC(=O)c3cccnc3)CC21.COc1ccccc1OC. The van der Waals surface area contributed by atoms with Crippen molar-refractivity contribution in [1.29, 1.82) is 0 Å². The quantitative estimate of drug-likeness (QED) is 0.730. The number of aromatic nitrogens is 1. The molecule has 0 amide bonds. The molecule has 1 aromatic heterocycles. The van der Waals surface area contributed by atoms with Gasteiger partial charge in [0, 0.05) is 24.9 Å². The number of para-hydroxylation sites is 2. The lowest BCUT2D eigenvalue weighted by Crippen LogP contribution is -2.32. The topological polar surface area (TPSA) is 60.9 Å². The fraction of sp³-hybridized carbons (Fsp3) is 0.391. The van der Waals surface area contributed by atoms with Gasteiger partial charge in [-0.1, -0.05) is 12.1 Å². The molecule has 0 bridgehead atoms. The number of ether oxygens (including phenoxy) is 3. The Morgan fingerprint density at radius 1 is 1.10 bits per heavy atom. The summed E-state index contributed by atoms with van der Waals surface area (Å²) < 4.78 is 15.5. The van der Waals surface area contributed by atoms with Crippen LogP contribution in [0.3, 0.4) is 0 Å². The van der Waals surface area contributed by atoms with Crippen LogP contribution >= 0.6 is 0 Å². The molecule has 1 saturated heterocycles. The summed E-state index contributed by atoms with van der Waals surface area (Å²) in [5.41, 5.74) is 0.505. The van der Waals surface area contributed by atoms with E-state index in [0.717, 1.165) is 42.6 Å². The zero-order valence-electron chi connectivity index (χ0n) is 17.2. The Balaban J connectivity index is 0.000000204. The molecule has 2 unspecified atom stereocenters. The van der Waals surface area contributed by atoms with E-state index in [0.29, 0.717) is 11.6 Å². The van der Waals surface area contributed by atoms with Gasteiger partial charge >= 0.3 is 5.97 Å². The molecule has 1 fully saturated rings. The lowest BCUT2D eigenvalue weighted by atomic mass is 9.89. The summed E-state index contributed by atoms with van der Waals surface area (Å²) >= 11 is 0. The van der Waals surface area contributed by atoms with Gasteiger partial charge in [0.1, 0.15) is 5.76 Å². The molecular formula is C23H28N2O4. The standard InChI is InChI=1S/C15H18N2O2.C8H10O2/c1-17-8-6-11-4-5-13(9-14(11)17)19-15(18)12-3-2-7-16-10-12;1-9-7-5-3-4-6-8(7)10-2/h2-3,5,7,10-11,14H,4,6,8-9H2,1H3;3-6H,1-2H3. The van der Waals surface area contributed by atoms with Gasteiger partial charge in [-0.3, -0.25) is 4.98 Å². The van der Waals surface area contributed by atoms with E-state index in [1.807, 2.05) is 24.3 Å². The third kappa shape index (κ3) is 5.35. The minimum atomic E-state index is -0.307. The van der Waals surface area contributed by atoms with E-state index in [2.05, 4.69) is 23.0 Å². The molecule has 6 nitrogen and oxygen atoms in total. The summed E-state index contributed by atoms with van der Waals surface area (Å²) in [4.78, 5) is 18.3. The van der Waals surface area contributed by atoms with Gasteiger partial charge in [-0.15, -0.1) is 0 Å². The molecule has 1 aromatic carbocycles. The van der Waals surface area contributed by atoms with Crippen LogP contribution in [0, 0.1) is 5.92 Å². The second kappa shape index (κ2) is 10.1. The molecule has 29 heavy (non-hydrogen) atoms. The Morgan fingerprint density at radius 2 is 1.83 bits per heavy atom. The number of hydrogen-bond acceptors (Lipinski definition) is 6. The first kappa shape index (κ1) is 20.9. The number of benzene rings is 1. The largest absolute Gasteiger partial charge is 0.493 e. The molecule has 0 radical (unpaired) electrons. The van der Waals surface area contributed by atoms with Gasteiger partial charge in [-0.05, 0) is 62.7 Å².